The number of rotatable bonds is 6. The fourth-order valence-corrected chi connectivity index (χ4v) is 2.07. The Morgan fingerprint density at radius 2 is 1.91 bits per heavy atom. The third-order valence-electron chi connectivity index (χ3n) is 3.11. The molecule has 0 bridgehead atoms. The van der Waals surface area contributed by atoms with Crippen molar-refractivity contribution in [2.24, 2.45) is 0 Å². The topological polar surface area (TPSA) is 29.5 Å². The van der Waals surface area contributed by atoms with E-state index in [0.717, 1.165) is 0 Å². The number of ketones is 1. The first kappa shape index (κ1) is 17.0. The first-order chi connectivity index (χ1) is 11.0. The van der Waals surface area contributed by atoms with E-state index in [9.17, 15) is 9.18 Å². The molecule has 0 fully saturated rings. The van der Waals surface area contributed by atoms with Crippen LogP contribution in [0.2, 0.25) is 5.02 Å². The number of ether oxygens (including phenoxy) is 1. The van der Waals surface area contributed by atoms with Gasteiger partial charge < -0.3 is 9.64 Å². The van der Waals surface area contributed by atoms with Gasteiger partial charge in [0.05, 0.1) is 5.02 Å². The average molecular weight is 334 g/mol. The Hall–Kier alpha value is -2.33. The van der Waals surface area contributed by atoms with Crippen molar-refractivity contribution in [1.82, 2.24) is 4.90 Å². The zero-order valence-corrected chi connectivity index (χ0v) is 13.7. The predicted molar refractivity (Wildman–Crippen MR) is 89.3 cm³/mol. The first-order valence-electron chi connectivity index (χ1n) is 7.02. The zero-order chi connectivity index (χ0) is 16.8. The third-order valence-corrected chi connectivity index (χ3v) is 3.46. The van der Waals surface area contributed by atoms with Crippen LogP contribution in [0.25, 0.3) is 0 Å². The quantitative estimate of drug-likeness (QED) is 0.582. The van der Waals surface area contributed by atoms with Gasteiger partial charge in [-0.3, -0.25) is 4.79 Å². The number of nitrogens with zero attached hydrogens (tertiary/aromatic N) is 1. The second kappa shape index (κ2) is 7.79. The summed E-state index contributed by atoms with van der Waals surface area (Å²) in [5, 5.41) is 0.325. The van der Waals surface area contributed by atoms with Crippen molar-refractivity contribution in [3.8, 4) is 5.75 Å². The highest BCUT2D eigenvalue weighted by Gasteiger charge is 2.08. The van der Waals surface area contributed by atoms with E-state index in [2.05, 4.69) is 0 Å². The van der Waals surface area contributed by atoms with Gasteiger partial charge in [-0.05, 0) is 36.4 Å². The van der Waals surface area contributed by atoms with E-state index < -0.39 is 5.82 Å². The molecule has 0 unspecified atom stereocenters. The third kappa shape index (κ3) is 4.83. The second-order valence-corrected chi connectivity index (χ2v) is 5.56. The van der Waals surface area contributed by atoms with Crippen LogP contribution in [0, 0.1) is 5.82 Å². The maximum absolute atomic E-state index is 13.7. The molecule has 0 saturated heterocycles. The monoisotopic (exact) mass is 333 g/mol. The van der Waals surface area contributed by atoms with E-state index in [4.69, 9.17) is 16.3 Å². The summed E-state index contributed by atoms with van der Waals surface area (Å²) in [5.41, 5.74) is 0.864. The molecule has 0 aliphatic rings. The summed E-state index contributed by atoms with van der Waals surface area (Å²) in [7, 11) is 3.68. The molecule has 0 saturated carbocycles. The fraction of sp³-hybridized carbons (Fsp3) is 0.167. The molecule has 23 heavy (non-hydrogen) atoms. The lowest BCUT2D eigenvalue weighted by Crippen LogP contribution is -2.03. The molecule has 120 valence electrons. The highest BCUT2D eigenvalue weighted by Crippen LogP contribution is 2.21. The van der Waals surface area contributed by atoms with Gasteiger partial charge in [0.15, 0.2) is 5.78 Å². The van der Waals surface area contributed by atoms with Crippen LogP contribution in [0.15, 0.2) is 54.7 Å². The lowest BCUT2D eigenvalue weighted by molar-refractivity contribution is 0.104. The van der Waals surface area contributed by atoms with Crippen molar-refractivity contribution in [3.63, 3.8) is 0 Å². The van der Waals surface area contributed by atoms with Crippen molar-refractivity contribution < 1.29 is 13.9 Å². The largest absolute Gasteiger partial charge is 0.489 e. The van der Waals surface area contributed by atoms with Gasteiger partial charge >= 0.3 is 0 Å². The number of hydrogen-bond donors (Lipinski definition) is 0. The SMILES string of the molecule is CN(C)C=CC(=O)c1ccc(OCc2c(F)cccc2Cl)cc1. The van der Waals surface area contributed by atoms with Gasteiger partial charge in [0.25, 0.3) is 0 Å². The summed E-state index contributed by atoms with van der Waals surface area (Å²) in [6.07, 6.45) is 3.18. The van der Waals surface area contributed by atoms with E-state index in [-0.39, 0.29) is 12.4 Å². The van der Waals surface area contributed by atoms with Crippen molar-refractivity contribution in [1.29, 1.82) is 0 Å². The van der Waals surface area contributed by atoms with Crippen LogP contribution in [-0.4, -0.2) is 24.8 Å². The van der Waals surface area contributed by atoms with Gasteiger partial charge in [-0.25, -0.2) is 4.39 Å². The standard InChI is InChI=1S/C18H17ClFNO2/c1-21(2)11-10-18(22)13-6-8-14(9-7-13)23-12-15-16(19)4-3-5-17(15)20/h3-11H,12H2,1-2H3. The smallest absolute Gasteiger partial charge is 0.187 e. The minimum absolute atomic E-state index is 0.0271. The van der Waals surface area contributed by atoms with E-state index in [1.807, 2.05) is 14.1 Å². The summed E-state index contributed by atoms with van der Waals surface area (Å²) in [4.78, 5) is 13.7. The van der Waals surface area contributed by atoms with Crippen molar-refractivity contribution in [2.45, 2.75) is 6.61 Å². The molecule has 0 aromatic heterocycles. The lowest BCUT2D eigenvalue weighted by Gasteiger charge is -2.09. The molecule has 2 aromatic carbocycles. The minimum Gasteiger partial charge on any atom is -0.489 e. The Morgan fingerprint density at radius 3 is 2.52 bits per heavy atom. The van der Waals surface area contributed by atoms with Crippen molar-refractivity contribution >= 4 is 17.4 Å². The van der Waals surface area contributed by atoms with Crippen LogP contribution < -0.4 is 4.74 Å². The predicted octanol–water partition coefficient (Wildman–Crippen LogP) is 4.32. The highest BCUT2D eigenvalue weighted by atomic mass is 35.5. The Labute approximate surface area is 139 Å². The number of allylic oxidation sites excluding steroid dienone is 1. The number of halogens is 2. The molecule has 2 aromatic rings. The molecule has 3 nitrogen and oxygen atoms in total. The van der Waals surface area contributed by atoms with E-state index in [1.54, 1.807) is 47.5 Å². The van der Waals surface area contributed by atoms with Crippen molar-refractivity contribution in [2.75, 3.05) is 14.1 Å². The normalized spacial score (nSPS) is 10.8. The summed E-state index contributed by atoms with van der Waals surface area (Å²) in [5.74, 6) is 0.0398. The molecule has 0 heterocycles. The maximum atomic E-state index is 13.7. The Morgan fingerprint density at radius 1 is 1.22 bits per heavy atom. The molecule has 0 N–H and O–H groups in total. The second-order valence-electron chi connectivity index (χ2n) is 5.16. The van der Waals surface area contributed by atoms with E-state index in [0.29, 0.717) is 21.9 Å². The van der Waals surface area contributed by atoms with Crippen LogP contribution in [-0.2, 0) is 6.61 Å². The maximum Gasteiger partial charge on any atom is 0.187 e. The van der Waals surface area contributed by atoms with Gasteiger partial charge in [-0.2, -0.15) is 0 Å². The molecule has 2 rings (SSSR count). The molecule has 0 aliphatic heterocycles. The summed E-state index contributed by atoms with van der Waals surface area (Å²) < 4.78 is 19.2. The van der Waals surface area contributed by atoms with Crippen LogP contribution in [0.3, 0.4) is 0 Å². The lowest BCUT2D eigenvalue weighted by atomic mass is 10.1. The zero-order valence-electron chi connectivity index (χ0n) is 12.9. The molecule has 0 aliphatic carbocycles. The van der Waals surface area contributed by atoms with Gasteiger partial charge in [-0.1, -0.05) is 17.7 Å². The number of hydrogen-bond acceptors (Lipinski definition) is 3. The number of benzene rings is 2. The average Bonchev–Trinajstić information content (AvgIpc) is 2.52. The first-order valence-corrected chi connectivity index (χ1v) is 7.40. The molecule has 0 atom stereocenters. The fourth-order valence-electron chi connectivity index (χ4n) is 1.85. The Balaban J connectivity index is 2.02. The Bertz CT molecular complexity index is 691. The molecule has 5 heteroatoms. The van der Waals surface area contributed by atoms with Crippen LogP contribution in [0.1, 0.15) is 15.9 Å². The van der Waals surface area contributed by atoms with Gasteiger partial charge in [-0.15, -0.1) is 0 Å². The summed E-state index contributed by atoms with van der Waals surface area (Å²) in [6.45, 7) is 0.0271. The van der Waals surface area contributed by atoms with E-state index in [1.165, 1.54) is 12.1 Å². The minimum atomic E-state index is -0.405. The summed E-state index contributed by atoms with van der Waals surface area (Å²) >= 11 is 5.95. The molecule has 0 spiro atoms. The van der Waals surface area contributed by atoms with E-state index >= 15 is 0 Å². The van der Waals surface area contributed by atoms with Gasteiger partial charge in [0.1, 0.15) is 18.2 Å². The molecule has 0 amide bonds. The molecular weight excluding hydrogens is 317 g/mol. The van der Waals surface area contributed by atoms with Gasteiger partial charge in [0, 0.05) is 37.5 Å². The Kier molecular flexibility index (Phi) is 5.77. The molecular formula is C18H17ClFNO2. The van der Waals surface area contributed by atoms with Gasteiger partial charge in [0.2, 0.25) is 0 Å². The van der Waals surface area contributed by atoms with Crippen LogP contribution in [0.4, 0.5) is 4.39 Å². The van der Waals surface area contributed by atoms with Crippen LogP contribution >= 0.6 is 11.6 Å². The summed E-state index contributed by atoms with van der Waals surface area (Å²) in [6, 6.07) is 11.2. The number of carbonyl (C=O) groups is 1. The number of carbonyl (C=O) groups excluding carboxylic acids is 1. The highest BCUT2D eigenvalue weighted by molar-refractivity contribution is 6.31. The van der Waals surface area contributed by atoms with Crippen LogP contribution in [0.5, 0.6) is 5.75 Å². The van der Waals surface area contributed by atoms with Crippen molar-refractivity contribution in [3.05, 3.63) is 76.7 Å². The molecule has 0 radical (unpaired) electrons.